The summed E-state index contributed by atoms with van der Waals surface area (Å²) < 4.78 is 2.22. The largest absolute Gasteiger partial charge is 0.508 e. The number of aromatic hydroxyl groups is 1. The van der Waals surface area contributed by atoms with Crippen molar-refractivity contribution in [2.24, 2.45) is 0 Å². The molecule has 3 aromatic carbocycles. The van der Waals surface area contributed by atoms with Crippen LogP contribution in [0.3, 0.4) is 0 Å². The minimum atomic E-state index is -0.215. The van der Waals surface area contributed by atoms with Gasteiger partial charge in [-0.25, -0.2) is 9.97 Å². The Hall–Kier alpha value is -4.19. The van der Waals surface area contributed by atoms with Gasteiger partial charge in [-0.3, -0.25) is 4.79 Å². The van der Waals surface area contributed by atoms with E-state index in [2.05, 4.69) is 16.8 Å². The van der Waals surface area contributed by atoms with Crippen molar-refractivity contribution in [3.05, 3.63) is 95.8 Å². The molecule has 0 aliphatic carbocycles. The van der Waals surface area contributed by atoms with E-state index in [1.165, 1.54) is 0 Å². The molecule has 6 heteroatoms. The predicted molar refractivity (Wildman–Crippen MR) is 135 cm³/mol. The van der Waals surface area contributed by atoms with Crippen LogP contribution < -0.4 is 5.32 Å². The number of anilines is 1. The van der Waals surface area contributed by atoms with Crippen LogP contribution in [0, 0.1) is 0 Å². The number of fused-ring (bicyclic) bond motifs is 3. The average Bonchev–Trinajstić information content (AvgIpc) is 3.23. The van der Waals surface area contributed by atoms with Gasteiger partial charge in [-0.15, -0.1) is 0 Å². The number of amides is 1. The van der Waals surface area contributed by atoms with Gasteiger partial charge in [0.1, 0.15) is 17.1 Å². The zero-order valence-electron chi connectivity index (χ0n) is 19.0. The van der Waals surface area contributed by atoms with Crippen LogP contribution in [0.1, 0.15) is 41.5 Å². The summed E-state index contributed by atoms with van der Waals surface area (Å²) in [7, 11) is 0. The van der Waals surface area contributed by atoms with E-state index >= 15 is 0 Å². The molecule has 0 saturated heterocycles. The van der Waals surface area contributed by atoms with Crippen LogP contribution in [0.2, 0.25) is 0 Å². The third-order valence-electron chi connectivity index (χ3n) is 5.96. The Balaban J connectivity index is 1.69. The molecule has 6 nitrogen and oxygen atoms in total. The Morgan fingerprint density at radius 3 is 2.44 bits per heavy atom. The first-order valence-corrected chi connectivity index (χ1v) is 11.6. The van der Waals surface area contributed by atoms with Gasteiger partial charge >= 0.3 is 0 Å². The van der Waals surface area contributed by atoms with Gasteiger partial charge in [-0.05, 0) is 42.3 Å². The Kier molecular flexibility index (Phi) is 5.95. The maximum atomic E-state index is 13.0. The van der Waals surface area contributed by atoms with Gasteiger partial charge in [0, 0.05) is 23.9 Å². The molecule has 2 heterocycles. The molecule has 0 spiro atoms. The molecule has 0 unspecified atom stereocenters. The average molecular weight is 451 g/mol. The number of benzene rings is 3. The normalized spacial score (nSPS) is 11.2. The number of hydrogen-bond donors (Lipinski definition) is 2. The number of carbonyl (C=O) groups excluding carboxylic acids is 1. The number of nitrogens with zero attached hydrogens (tertiary/aromatic N) is 3. The van der Waals surface area contributed by atoms with Crippen molar-refractivity contribution in [1.82, 2.24) is 14.5 Å². The van der Waals surface area contributed by atoms with Crippen molar-refractivity contribution >= 4 is 33.7 Å². The summed E-state index contributed by atoms with van der Waals surface area (Å²) >= 11 is 0. The van der Waals surface area contributed by atoms with Gasteiger partial charge in [-0.2, -0.15) is 0 Å². The summed E-state index contributed by atoms with van der Waals surface area (Å²) in [4.78, 5) is 22.7. The van der Waals surface area contributed by atoms with E-state index in [0.717, 1.165) is 47.1 Å². The third kappa shape index (κ3) is 4.22. The summed E-state index contributed by atoms with van der Waals surface area (Å²) in [5.41, 5.74) is 4.07. The topological polar surface area (TPSA) is 80.0 Å². The van der Waals surface area contributed by atoms with Crippen LogP contribution in [0.4, 0.5) is 5.82 Å². The second-order valence-electron chi connectivity index (χ2n) is 8.38. The van der Waals surface area contributed by atoms with Crippen molar-refractivity contribution in [3.8, 4) is 5.75 Å². The number of aryl methyl sites for hydroxylation is 1. The highest BCUT2D eigenvalue weighted by Crippen LogP contribution is 2.31. The number of unbranched alkanes of at least 4 members (excludes halogenated alkanes) is 1. The first kappa shape index (κ1) is 21.6. The summed E-state index contributed by atoms with van der Waals surface area (Å²) in [6.07, 6.45) is 2.89. The van der Waals surface area contributed by atoms with E-state index in [1.54, 1.807) is 24.3 Å². The van der Waals surface area contributed by atoms with E-state index in [1.807, 2.05) is 54.6 Å². The smallest absolute Gasteiger partial charge is 0.256 e. The highest BCUT2D eigenvalue weighted by Gasteiger charge is 2.20. The van der Waals surface area contributed by atoms with Crippen LogP contribution in [0.25, 0.3) is 21.9 Å². The molecule has 5 aromatic rings. The third-order valence-corrected chi connectivity index (χ3v) is 5.96. The Labute approximate surface area is 197 Å². The number of imidazole rings is 1. The first-order valence-electron chi connectivity index (χ1n) is 11.6. The molecule has 5 rings (SSSR count). The van der Waals surface area contributed by atoms with Gasteiger partial charge in [0.2, 0.25) is 0 Å². The summed E-state index contributed by atoms with van der Waals surface area (Å²) in [5, 5.41) is 13.7. The van der Waals surface area contributed by atoms with Crippen molar-refractivity contribution in [2.45, 2.75) is 32.7 Å². The van der Waals surface area contributed by atoms with Gasteiger partial charge in [0.15, 0.2) is 5.82 Å². The molecule has 0 fully saturated rings. The van der Waals surface area contributed by atoms with Crippen LogP contribution in [0.15, 0.2) is 78.9 Å². The fourth-order valence-electron chi connectivity index (χ4n) is 4.22. The van der Waals surface area contributed by atoms with Crippen molar-refractivity contribution in [1.29, 1.82) is 0 Å². The zero-order valence-corrected chi connectivity index (χ0v) is 19.0. The number of hydrogen-bond acceptors (Lipinski definition) is 4. The Morgan fingerprint density at radius 2 is 1.68 bits per heavy atom. The first-order chi connectivity index (χ1) is 16.6. The van der Waals surface area contributed by atoms with Crippen LogP contribution in [-0.4, -0.2) is 25.5 Å². The Bertz CT molecular complexity index is 1460. The number of aromatic nitrogens is 3. The van der Waals surface area contributed by atoms with Gasteiger partial charge in [-0.1, -0.05) is 61.9 Å². The summed E-state index contributed by atoms with van der Waals surface area (Å²) in [6.45, 7) is 2.77. The molecule has 0 saturated carbocycles. The quantitative estimate of drug-likeness (QED) is 0.322. The zero-order chi connectivity index (χ0) is 23.5. The molecule has 1 amide bonds. The molecule has 0 atom stereocenters. The molecule has 34 heavy (non-hydrogen) atoms. The lowest BCUT2D eigenvalue weighted by Crippen LogP contribution is -2.13. The monoisotopic (exact) mass is 450 g/mol. The van der Waals surface area contributed by atoms with E-state index in [4.69, 9.17) is 9.97 Å². The number of phenolic OH excluding ortho intramolecular Hbond substituents is 1. The summed E-state index contributed by atoms with van der Waals surface area (Å²) in [5.74, 6) is 1.45. The molecule has 0 radical (unpaired) electrons. The molecule has 2 aromatic heterocycles. The number of pyridine rings is 1. The van der Waals surface area contributed by atoms with Gasteiger partial charge in [0.25, 0.3) is 5.91 Å². The van der Waals surface area contributed by atoms with Crippen molar-refractivity contribution in [2.75, 3.05) is 5.32 Å². The fraction of sp³-hybridized carbons (Fsp3) is 0.179. The lowest BCUT2D eigenvalue weighted by molar-refractivity contribution is 0.102. The fourth-order valence-corrected chi connectivity index (χ4v) is 4.22. The highest BCUT2D eigenvalue weighted by molar-refractivity contribution is 6.12. The maximum absolute atomic E-state index is 13.0. The predicted octanol–water partition coefficient (Wildman–Crippen LogP) is 5.93. The second kappa shape index (κ2) is 9.35. The number of phenols is 1. The molecule has 0 aliphatic heterocycles. The van der Waals surface area contributed by atoms with Crippen molar-refractivity contribution < 1.29 is 9.90 Å². The van der Waals surface area contributed by atoms with Crippen LogP contribution >= 0.6 is 0 Å². The minimum Gasteiger partial charge on any atom is -0.508 e. The number of carbonyl (C=O) groups is 1. The minimum absolute atomic E-state index is 0.215. The lowest BCUT2D eigenvalue weighted by atomic mass is 10.1. The maximum Gasteiger partial charge on any atom is 0.256 e. The lowest BCUT2D eigenvalue weighted by Gasteiger charge is -2.12. The van der Waals surface area contributed by atoms with E-state index in [0.29, 0.717) is 23.4 Å². The van der Waals surface area contributed by atoms with E-state index in [-0.39, 0.29) is 11.7 Å². The molecular formula is C28H26N4O2. The number of rotatable bonds is 7. The van der Waals surface area contributed by atoms with Crippen LogP contribution in [-0.2, 0) is 13.0 Å². The number of nitrogens with one attached hydrogen (secondary N) is 1. The second-order valence-corrected chi connectivity index (χ2v) is 8.38. The number of para-hydroxylation sites is 1. The van der Waals surface area contributed by atoms with Gasteiger partial charge in [0.05, 0.1) is 11.0 Å². The van der Waals surface area contributed by atoms with Gasteiger partial charge < -0.3 is 15.0 Å². The summed E-state index contributed by atoms with van der Waals surface area (Å²) in [6, 6.07) is 24.3. The molecule has 0 aliphatic rings. The van der Waals surface area contributed by atoms with E-state index in [9.17, 15) is 9.90 Å². The van der Waals surface area contributed by atoms with Crippen molar-refractivity contribution in [3.63, 3.8) is 0 Å². The van der Waals surface area contributed by atoms with Crippen LogP contribution in [0.5, 0.6) is 5.75 Å². The van der Waals surface area contributed by atoms with E-state index < -0.39 is 0 Å². The standard InChI is InChI=1S/C28H26N4O2/c1-2-3-13-24-30-25-26(32(24)18-19-14-16-21(33)17-15-19)22-11-7-8-12-23(22)29-27(25)31-28(34)20-9-5-4-6-10-20/h4-12,14-17,33H,2-3,13,18H2,1H3,(H,29,31,34). The SMILES string of the molecule is CCCCc1nc2c(NC(=O)c3ccccc3)nc3ccccc3c2n1Cc1ccc(O)cc1. The molecule has 0 bridgehead atoms. The Morgan fingerprint density at radius 1 is 0.941 bits per heavy atom. The molecule has 2 N–H and O–H groups in total. The molecular weight excluding hydrogens is 424 g/mol. The molecule has 170 valence electrons. The highest BCUT2D eigenvalue weighted by atomic mass is 16.3.